The van der Waals surface area contributed by atoms with Crippen LogP contribution in [0.3, 0.4) is 0 Å². The molecule has 0 aliphatic rings. The van der Waals surface area contributed by atoms with Crippen LogP contribution < -0.4 is 0 Å². The molecule has 8 nitrogen and oxygen atoms in total. The highest BCUT2D eigenvalue weighted by atomic mass is 16.2. The first-order valence-corrected chi connectivity index (χ1v) is 1.91. The third-order valence-electron chi connectivity index (χ3n) is 0.454. The highest BCUT2D eigenvalue weighted by Crippen LogP contribution is 1.81. The molecule has 50 valence electrons. The van der Waals surface area contributed by atoms with E-state index in [1.165, 1.54) is 0 Å². The summed E-state index contributed by atoms with van der Waals surface area (Å²) in [6, 6.07) is 0. The van der Waals surface area contributed by atoms with E-state index in [1.54, 1.807) is 0 Å². The van der Waals surface area contributed by atoms with Crippen molar-refractivity contribution in [3.63, 3.8) is 0 Å². The Morgan fingerprint density at radius 2 is 1.30 bits per heavy atom. The first-order valence-electron chi connectivity index (χ1n) is 1.91. The first-order chi connectivity index (χ1) is 4.72. The molecular formula is C2N6O2. The first kappa shape index (κ1) is 7.96. The lowest BCUT2D eigenvalue weighted by atomic mass is 10.6. The van der Waals surface area contributed by atoms with Gasteiger partial charge in [-0.2, -0.15) is 0 Å². The number of carbonyl (C=O) groups excluding carboxylic acids is 2. The minimum Gasteiger partial charge on any atom is -0.283 e. The van der Waals surface area contributed by atoms with Crippen molar-refractivity contribution < 1.29 is 9.59 Å². The number of hydrogen-bond donors (Lipinski definition) is 0. The number of rotatable bonds is 0. The Bertz CT molecular complexity index is 227. The van der Waals surface area contributed by atoms with Gasteiger partial charge in [-0.1, -0.05) is 0 Å². The number of hydrogen-bond acceptors (Lipinski definition) is 2. The van der Waals surface area contributed by atoms with Crippen molar-refractivity contribution in [2.24, 2.45) is 10.2 Å². The standard InChI is InChI=1S/C2N6O2/c3-7-5-1(9)2(10)6-8-4. The molecule has 0 unspecified atom stereocenters. The maximum Gasteiger partial charge on any atom is 0.291 e. The van der Waals surface area contributed by atoms with Gasteiger partial charge in [-0.05, 0) is 21.3 Å². The molecule has 0 rings (SSSR count). The van der Waals surface area contributed by atoms with Gasteiger partial charge in [0, 0.05) is 9.82 Å². The van der Waals surface area contributed by atoms with Crippen LogP contribution in [0.5, 0.6) is 0 Å². The Labute approximate surface area is 53.7 Å². The fourth-order valence-electron chi connectivity index (χ4n) is 0.167. The number of azide groups is 2. The van der Waals surface area contributed by atoms with Crippen molar-refractivity contribution in [1.29, 1.82) is 0 Å². The Balaban J connectivity index is 4.37. The minimum atomic E-state index is -1.42. The number of carbonyl (C=O) groups is 2. The maximum absolute atomic E-state index is 10.1. The summed E-state index contributed by atoms with van der Waals surface area (Å²) in [6.45, 7) is 0. The van der Waals surface area contributed by atoms with Crippen molar-refractivity contribution in [3.05, 3.63) is 20.9 Å². The third kappa shape index (κ3) is 2.31. The smallest absolute Gasteiger partial charge is 0.283 e. The molecule has 0 heterocycles. The average molecular weight is 140 g/mol. The molecular weight excluding hydrogens is 140 g/mol. The Morgan fingerprint density at radius 3 is 1.50 bits per heavy atom. The molecule has 0 aliphatic heterocycles. The summed E-state index contributed by atoms with van der Waals surface area (Å²) >= 11 is 0. The van der Waals surface area contributed by atoms with Crippen LogP contribution in [0.1, 0.15) is 0 Å². The van der Waals surface area contributed by atoms with E-state index in [4.69, 9.17) is 11.1 Å². The zero-order valence-electron chi connectivity index (χ0n) is 4.50. The molecule has 0 aromatic rings. The van der Waals surface area contributed by atoms with Crippen LogP contribution in [0.4, 0.5) is 0 Å². The van der Waals surface area contributed by atoms with Crippen LogP contribution in [-0.4, -0.2) is 11.8 Å². The minimum absolute atomic E-state index is 1.42. The van der Waals surface area contributed by atoms with E-state index in [9.17, 15) is 9.59 Å². The molecule has 0 radical (unpaired) electrons. The lowest BCUT2D eigenvalue weighted by Gasteiger charge is -1.76. The van der Waals surface area contributed by atoms with E-state index in [-0.39, 0.29) is 0 Å². The van der Waals surface area contributed by atoms with Gasteiger partial charge in [0.25, 0.3) is 11.8 Å². The molecule has 0 saturated carbocycles. The molecule has 0 spiro atoms. The predicted octanol–water partition coefficient (Wildman–Crippen LogP) is 0.660. The zero-order chi connectivity index (χ0) is 7.98. The zero-order valence-corrected chi connectivity index (χ0v) is 4.50. The van der Waals surface area contributed by atoms with Crippen molar-refractivity contribution in [1.82, 2.24) is 0 Å². The SMILES string of the molecule is [N-]=[N+]=NC(=O)C(=O)N=[N+]=[N-]. The van der Waals surface area contributed by atoms with Crippen LogP contribution in [0, 0.1) is 0 Å². The van der Waals surface area contributed by atoms with Crippen LogP contribution in [0.15, 0.2) is 10.2 Å². The molecule has 8 heteroatoms. The summed E-state index contributed by atoms with van der Waals surface area (Å²) in [5.41, 5.74) is 15.2. The van der Waals surface area contributed by atoms with Gasteiger partial charge in [0.15, 0.2) is 0 Å². The van der Waals surface area contributed by atoms with E-state index in [2.05, 4.69) is 10.2 Å². The molecule has 0 saturated heterocycles. The summed E-state index contributed by atoms with van der Waals surface area (Å²) in [5.74, 6) is -2.83. The number of amides is 2. The van der Waals surface area contributed by atoms with Gasteiger partial charge in [0.2, 0.25) is 0 Å². The third-order valence-corrected chi connectivity index (χ3v) is 0.454. The fourth-order valence-corrected chi connectivity index (χ4v) is 0.167. The Morgan fingerprint density at radius 1 is 1.00 bits per heavy atom. The van der Waals surface area contributed by atoms with E-state index in [0.29, 0.717) is 0 Å². The second kappa shape index (κ2) is 3.90. The summed E-state index contributed by atoms with van der Waals surface area (Å²) in [4.78, 5) is 24.2. The molecule has 0 N–H and O–H groups in total. The van der Waals surface area contributed by atoms with Crippen molar-refractivity contribution in [2.75, 3.05) is 0 Å². The number of nitrogens with zero attached hydrogens (tertiary/aromatic N) is 6. The van der Waals surface area contributed by atoms with Crippen LogP contribution >= 0.6 is 0 Å². The van der Waals surface area contributed by atoms with E-state index in [1.807, 2.05) is 9.82 Å². The molecule has 2 amide bonds. The molecule has 0 aromatic carbocycles. The van der Waals surface area contributed by atoms with Crippen LogP contribution in [0.2, 0.25) is 0 Å². The Kier molecular flexibility index (Phi) is 3.11. The Hall–Kier alpha value is -2.04. The molecule has 0 bridgehead atoms. The lowest BCUT2D eigenvalue weighted by molar-refractivity contribution is -0.135. The van der Waals surface area contributed by atoms with Gasteiger partial charge in [-0.3, -0.25) is 9.59 Å². The second-order valence-corrected chi connectivity index (χ2v) is 0.989. The predicted molar refractivity (Wildman–Crippen MR) is 28.3 cm³/mol. The second-order valence-electron chi connectivity index (χ2n) is 0.989. The van der Waals surface area contributed by atoms with E-state index < -0.39 is 11.8 Å². The van der Waals surface area contributed by atoms with Gasteiger partial charge in [0.1, 0.15) is 0 Å². The molecule has 0 aromatic heterocycles. The lowest BCUT2D eigenvalue weighted by Crippen LogP contribution is -2.04. The normalized spacial score (nSPS) is 6.80. The van der Waals surface area contributed by atoms with Gasteiger partial charge < -0.3 is 0 Å². The summed E-state index contributed by atoms with van der Waals surface area (Å²) < 4.78 is 0. The van der Waals surface area contributed by atoms with Crippen molar-refractivity contribution >= 4 is 11.8 Å². The largest absolute Gasteiger partial charge is 0.291 e. The summed E-state index contributed by atoms with van der Waals surface area (Å²) in [5, 5.41) is 4.74. The average Bonchev–Trinajstić information content (AvgIpc) is 1.89. The summed E-state index contributed by atoms with van der Waals surface area (Å²) in [6.07, 6.45) is 0. The van der Waals surface area contributed by atoms with Gasteiger partial charge in [-0.15, -0.1) is 0 Å². The van der Waals surface area contributed by atoms with Gasteiger partial charge in [0.05, 0.1) is 0 Å². The quantitative estimate of drug-likeness (QED) is 0.211. The van der Waals surface area contributed by atoms with E-state index in [0.717, 1.165) is 0 Å². The van der Waals surface area contributed by atoms with Crippen molar-refractivity contribution in [2.45, 2.75) is 0 Å². The molecule has 0 aliphatic carbocycles. The van der Waals surface area contributed by atoms with E-state index >= 15 is 0 Å². The highest BCUT2D eigenvalue weighted by Gasteiger charge is 2.06. The van der Waals surface area contributed by atoms with Gasteiger partial charge in [-0.25, -0.2) is 0 Å². The van der Waals surface area contributed by atoms with Gasteiger partial charge >= 0.3 is 0 Å². The summed E-state index contributed by atoms with van der Waals surface area (Å²) in [7, 11) is 0. The fraction of sp³-hybridized carbons (Fsp3) is 0. The van der Waals surface area contributed by atoms with Crippen molar-refractivity contribution in [3.8, 4) is 0 Å². The molecule has 0 atom stereocenters. The monoisotopic (exact) mass is 140 g/mol. The van der Waals surface area contributed by atoms with Crippen LogP contribution in [0.25, 0.3) is 20.9 Å². The topological polar surface area (TPSA) is 132 Å². The molecule has 0 fully saturated rings. The maximum atomic E-state index is 10.1. The van der Waals surface area contributed by atoms with Crippen LogP contribution in [-0.2, 0) is 9.59 Å². The highest BCUT2D eigenvalue weighted by molar-refractivity contribution is 6.35. The molecule has 10 heavy (non-hydrogen) atoms.